The normalized spacial score (nSPS) is 11.9. The van der Waals surface area contributed by atoms with Crippen molar-refractivity contribution >= 4 is 29.9 Å². The summed E-state index contributed by atoms with van der Waals surface area (Å²) >= 11 is 0. The molecule has 2 aromatic rings. The molecule has 0 aliphatic carbocycles. The molecule has 2 aromatic carbocycles. The summed E-state index contributed by atoms with van der Waals surface area (Å²) in [6.45, 7) is 6.34. The van der Waals surface area contributed by atoms with Crippen molar-refractivity contribution in [2.75, 3.05) is 27.7 Å². The van der Waals surface area contributed by atoms with Gasteiger partial charge in [-0.15, -0.1) is 24.0 Å². The Morgan fingerprint density at radius 2 is 1.75 bits per heavy atom. The van der Waals surface area contributed by atoms with Gasteiger partial charge in [-0.2, -0.15) is 0 Å². The number of nitrogens with one attached hydrogen (secondary N) is 2. The van der Waals surface area contributed by atoms with Crippen molar-refractivity contribution in [1.82, 2.24) is 15.5 Å². The number of hydrogen-bond donors (Lipinski definition) is 2. The smallest absolute Gasteiger partial charge is 0.191 e. The van der Waals surface area contributed by atoms with Crippen LogP contribution in [-0.4, -0.2) is 38.5 Å². The summed E-state index contributed by atoms with van der Waals surface area (Å²) in [5, 5.41) is 6.71. The van der Waals surface area contributed by atoms with Gasteiger partial charge in [-0.1, -0.05) is 50.2 Å². The van der Waals surface area contributed by atoms with Crippen LogP contribution >= 0.6 is 24.0 Å². The average Bonchev–Trinajstić information content (AvgIpc) is 2.64. The first-order valence-electron chi connectivity index (χ1n) is 9.24. The molecule has 0 fully saturated rings. The molecular formula is C22H32FIN4. The summed E-state index contributed by atoms with van der Waals surface area (Å²) in [6, 6.07) is 15.7. The Bertz CT molecular complexity index is 760. The first kappa shape index (κ1) is 24.4. The number of benzene rings is 2. The number of halogens is 2. The van der Waals surface area contributed by atoms with E-state index in [9.17, 15) is 4.39 Å². The maximum absolute atomic E-state index is 13.9. The zero-order valence-corrected chi connectivity index (χ0v) is 19.8. The molecule has 2 rings (SSSR count). The molecule has 4 nitrogen and oxygen atoms in total. The van der Waals surface area contributed by atoms with Crippen molar-refractivity contribution in [3.05, 3.63) is 71.0 Å². The monoisotopic (exact) mass is 498 g/mol. The van der Waals surface area contributed by atoms with Gasteiger partial charge in [0.1, 0.15) is 5.82 Å². The number of nitrogens with zero attached hydrogens (tertiary/aromatic N) is 2. The van der Waals surface area contributed by atoms with Crippen molar-refractivity contribution in [1.29, 1.82) is 0 Å². The maximum Gasteiger partial charge on any atom is 0.191 e. The third-order valence-corrected chi connectivity index (χ3v) is 4.53. The second-order valence-corrected chi connectivity index (χ2v) is 7.69. The molecule has 0 bridgehead atoms. The van der Waals surface area contributed by atoms with E-state index in [0.717, 1.165) is 18.1 Å². The molecule has 0 spiro atoms. The third kappa shape index (κ3) is 7.39. The van der Waals surface area contributed by atoms with Crippen LogP contribution in [0.3, 0.4) is 0 Å². The molecule has 0 aromatic heterocycles. The van der Waals surface area contributed by atoms with Gasteiger partial charge in [0, 0.05) is 37.7 Å². The minimum absolute atomic E-state index is 0. The number of guanidine groups is 1. The standard InChI is InChI=1S/C22H31FN4.HI/c1-22(2,19-9-7-6-8-10-19)16-26-21(24-3)25-14-17-11-12-20(23)18(13-17)15-27(4)5;/h6-13H,14-16H2,1-5H3,(H2,24,25,26);1H. The molecule has 0 heterocycles. The van der Waals surface area contributed by atoms with Gasteiger partial charge in [-0.25, -0.2) is 4.39 Å². The van der Waals surface area contributed by atoms with Crippen molar-refractivity contribution in [2.45, 2.75) is 32.4 Å². The van der Waals surface area contributed by atoms with Gasteiger partial charge in [-0.3, -0.25) is 4.99 Å². The summed E-state index contributed by atoms with van der Waals surface area (Å²) in [5.41, 5.74) is 2.99. The van der Waals surface area contributed by atoms with E-state index >= 15 is 0 Å². The van der Waals surface area contributed by atoms with Crippen LogP contribution in [0.4, 0.5) is 4.39 Å². The minimum atomic E-state index is -0.167. The first-order chi connectivity index (χ1) is 12.8. The zero-order chi connectivity index (χ0) is 19.9. The Hall–Kier alpha value is -1.67. The average molecular weight is 498 g/mol. The van der Waals surface area contributed by atoms with Crippen molar-refractivity contribution < 1.29 is 4.39 Å². The topological polar surface area (TPSA) is 39.7 Å². The second-order valence-electron chi connectivity index (χ2n) is 7.69. The van der Waals surface area contributed by atoms with Crippen LogP contribution < -0.4 is 10.6 Å². The van der Waals surface area contributed by atoms with Crippen LogP contribution in [0.5, 0.6) is 0 Å². The molecule has 0 saturated heterocycles. The summed E-state index contributed by atoms with van der Waals surface area (Å²) in [6.07, 6.45) is 0. The van der Waals surface area contributed by atoms with Crippen LogP contribution in [0, 0.1) is 5.82 Å². The molecule has 0 atom stereocenters. The molecule has 2 N–H and O–H groups in total. The second kappa shape index (κ2) is 11.4. The van der Waals surface area contributed by atoms with Crippen LogP contribution in [0.1, 0.15) is 30.5 Å². The van der Waals surface area contributed by atoms with Crippen LogP contribution in [0.15, 0.2) is 53.5 Å². The van der Waals surface area contributed by atoms with E-state index < -0.39 is 0 Å². The Morgan fingerprint density at radius 3 is 2.36 bits per heavy atom. The summed E-state index contributed by atoms with van der Waals surface area (Å²) < 4.78 is 13.9. The molecule has 0 aliphatic rings. The predicted octanol–water partition coefficient (Wildman–Crippen LogP) is 4.15. The van der Waals surface area contributed by atoms with Gasteiger partial charge in [0.2, 0.25) is 0 Å². The molecule has 0 radical (unpaired) electrons. The Morgan fingerprint density at radius 1 is 1.07 bits per heavy atom. The third-order valence-electron chi connectivity index (χ3n) is 4.53. The fourth-order valence-electron chi connectivity index (χ4n) is 2.90. The van der Waals surface area contributed by atoms with Gasteiger partial charge in [0.15, 0.2) is 5.96 Å². The highest BCUT2D eigenvalue weighted by Crippen LogP contribution is 2.21. The predicted molar refractivity (Wildman–Crippen MR) is 127 cm³/mol. The lowest BCUT2D eigenvalue weighted by atomic mass is 9.85. The largest absolute Gasteiger partial charge is 0.356 e. The Kier molecular flexibility index (Phi) is 9.89. The van der Waals surface area contributed by atoms with E-state index in [1.165, 1.54) is 11.6 Å². The van der Waals surface area contributed by atoms with E-state index in [-0.39, 0.29) is 35.2 Å². The SMILES string of the molecule is CN=C(NCc1ccc(F)c(CN(C)C)c1)NCC(C)(C)c1ccccc1.I. The molecule has 0 aliphatic heterocycles. The lowest BCUT2D eigenvalue weighted by molar-refractivity contribution is 0.392. The molecule has 0 unspecified atom stereocenters. The molecule has 0 amide bonds. The fourth-order valence-corrected chi connectivity index (χ4v) is 2.90. The first-order valence-corrected chi connectivity index (χ1v) is 9.24. The summed E-state index contributed by atoms with van der Waals surface area (Å²) in [4.78, 5) is 6.26. The lowest BCUT2D eigenvalue weighted by Gasteiger charge is -2.26. The Balaban J connectivity index is 0.00000392. The van der Waals surface area contributed by atoms with Crippen LogP contribution in [0.25, 0.3) is 0 Å². The summed E-state index contributed by atoms with van der Waals surface area (Å²) in [7, 11) is 5.63. The van der Waals surface area contributed by atoms with E-state index in [2.05, 4.69) is 53.7 Å². The number of rotatable bonds is 7. The van der Waals surface area contributed by atoms with Crippen LogP contribution in [0.2, 0.25) is 0 Å². The lowest BCUT2D eigenvalue weighted by Crippen LogP contribution is -2.43. The van der Waals surface area contributed by atoms with Gasteiger partial charge in [0.25, 0.3) is 0 Å². The zero-order valence-electron chi connectivity index (χ0n) is 17.4. The van der Waals surface area contributed by atoms with E-state index in [1.54, 1.807) is 7.05 Å². The van der Waals surface area contributed by atoms with E-state index in [1.807, 2.05) is 37.2 Å². The quantitative estimate of drug-likeness (QED) is 0.343. The molecular weight excluding hydrogens is 466 g/mol. The molecule has 0 saturated carbocycles. The van der Waals surface area contributed by atoms with E-state index in [0.29, 0.717) is 18.7 Å². The van der Waals surface area contributed by atoms with Crippen molar-refractivity contribution in [3.8, 4) is 0 Å². The van der Waals surface area contributed by atoms with Gasteiger partial charge < -0.3 is 15.5 Å². The minimum Gasteiger partial charge on any atom is -0.356 e. The molecule has 28 heavy (non-hydrogen) atoms. The van der Waals surface area contributed by atoms with E-state index in [4.69, 9.17) is 0 Å². The highest BCUT2D eigenvalue weighted by Gasteiger charge is 2.20. The highest BCUT2D eigenvalue weighted by molar-refractivity contribution is 14.0. The maximum atomic E-state index is 13.9. The number of hydrogen-bond acceptors (Lipinski definition) is 2. The van der Waals surface area contributed by atoms with Gasteiger partial charge in [-0.05, 0) is 37.4 Å². The summed E-state index contributed by atoms with van der Waals surface area (Å²) in [5.74, 6) is 0.567. The van der Waals surface area contributed by atoms with Gasteiger partial charge in [0.05, 0.1) is 0 Å². The fraction of sp³-hybridized carbons (Fsp3) is 0.409. The van der Waals surface area contributed by atoms with Crippen LogP contribution in [-0.2, 0) is 18.5 Å². The molecule has 6 heteroatoms. The molecule has 154 valence electrons. The van der Waals surface area contributed by atoms with Crippen molar-refractivity contribution in [3.63, 3.8) is 0 Å². The van der Waals surface area contributed by atoms with Crippen molar-refractivity contribution in [2.24, 2.45) is 4.99 Å². The number of aliphatic imine (C=N–C) groups is 1. The Labute approximate surface area is 185 Å². The van der Waals surface area contributed by atoms with Gasteiger partial charge >= 0.3 is 0 Å². The highest BCUT2D eigenvalue weighted by atomic mass is 127.